The Bertz CT molecular complexity index is 1090. The van der Waals surface area contributed by atoms with Crippen molar-refractivity contribution in [2.45, 2.75) is 163 Å². The second-order valence-electron chi connectivity index (χ2n) is 15.1. The summed E-state index contributed by atoms with van der Waals surface area (Å²) in [7, 11) is 0. The summed E-state index contributed by atoms with van der Waals surface area (Å²) in [6.07, 6.45) is 39.8. The molecule has 2 heteroatoms. The maximum atomic E-state index is 6.41. The monoisotopic (exact) mass is 615 g/mol. The molecule has 4 rings (SSSR count). The molecule has 4 atom stereocenters. The minimum absolute atomic E-state index is 0.590. The van der Waals surface area contributed by atoms with Gasteiger partial charge in [-0.15, -0.1) is 0 Å². The molecule has 0 aromatic carbocycles. The van der Waals surface area contributed by atoms with Crippen molar-refractivity contribution in [3.05, 3.63) is 69.5 Å². The molecule has 0 aromatic rings. The van der Waals surface area contributed by atoms with Gasteiger partial charge in [-0.05, 0) is 169 Å². The van der Waals surface area contributed by atoms with Gasteiger partial charge in [0, 0.05) is 12.2 Å². The summed E-state index contributed by atoms with van der Waals surface area (Å²) < 4.78 is 0. The lowest BCUT2D eigenvalue weighted by Crippen LogP contribution is -2.32. The van der Waals surface area contributed by atoms with Crippen LogP contribution in [0.2, 0.25) is 0 Å². The number of nitrogens with two attached hydrogens (primary N) is 1. The van der Waals surface area contributed by atoms with E-state index in [1.807, 2.05) is 11.1 Å². The molecule has 0 bridgehead atoms. The molecule has 0 aromatic heterocycles. The van der Waals surface area contributed by atoms with Crippen molar-refractivity contribution in [3.8, 4) is 0 Å². The summed E-state index contributed by atoms with van der Waals surface area (Å²) in [5.74, 6) is 2.61. The van der Waals surface area contributed by atoms with Crippen molar-refractivity contribution in [2.75, 3.05) is 13.1 Å². The maximum Gasteiger partial charge on any atom is 0.0178 e. The van der Waals surface area contributed by atoms with Crippen LogP contribution < -0.4 is 11.1 Å². The van der Waals surface area contributed by atoms with Crippen molar-refractivity contribution in [1.29, 1.82) is 0 Å². The van der Waals surface area contributed by atoms with E-state index in [4.69, 9.17) is 5.73 Å². The van der Waals surface area contributed by atoms with Gasteiger partial charge in [0.25, 0.3) is 0 Å². The second-order valence-corrected chi connectivity index (χ2v) is 15.1. The number of hydrogen-bond donors (Lipinski definition) is 2. The average molecular weight is 615 g/mol. The van der Waals surface area contributed by atoms with E-state index in [2.05, 4.69) is 63.4 Å². The van der Waals surface area contributed by atoms with Crippen LogP contribution in [0, 0.1) is 23.7 Å². The molecule has 0 radical (unpaired) electrons. The van der Waals surface area contributed by atoms with Gasteiger partial charge in [0.05, 0.1) is 0 Å². The lowest BCUT2D eigenvalue weighted by atomic mass is 9.74. The summed E-state index contributed by atoms with van der Waals surface area (Å²) in [6.45, 7) is 11.4. The second kappa shape index (κ2) is 19.8. The normalized spacial score (nSPS) is 23.4. The Balaban J connectivity index is 1.40. The lowest BCUT2D eigenvalue weighted by Gasteiger charge is -2.32. The van der Waals surface area contributed by atoms with Gasteiger partial charge >= 0.3 is 0 Å². The van der Waals surface area contributed by atoms with E-state index >= 15 is 0 Å². The third kappa shape index (κ3) is 11.2. The summed E-state index contributed by atoms with van der Waals surface area (Å²) in [5, 5.41) is 3.95. The van der Waals surface area contributed by atoms with Crippen LogP contribution in [-0.2, 0) is 0 Å². The Morgan fingerprint density at radius 2 is 1.71 bits per heavy atom. The lowest BCUT2D eigenvalue weighted by molar-refractivity contribution is 0.310. The van der Waals surface area contributed by atoms with Gasteiger partial charge < -0.3 is 11.1 Å². The van der Waals surface area contributed by atoms with Crippen molar-refractivity contribution in [1.82, 2.24) is 5.32 Å². The van der Waals surface area contributed by atoms with Crippen LogP contribution in [0.4, 0.5) is 0 Å². The van der Waals surface area contributed by atoms with Gasteiger partial charge in [-0.1, -0.05) is 87.1 Å². The van der Waals surface area contributed by atoms with E-state index in [0.717, 1.165) is 25.4 Å². The minimum atomic E-state index is 0.590. The summed E-state index contributed by atoms with van der Waals surface area (Å²) >= 11 is 0. The zero-order valence-electron chi connectivity index (χ0n) is 30.0. The summed E-state index contributed by atoms with van der Waals surface area (Å²) in [6, 6.07) is 0. The topological polar surface area (TPSA) is 38.0 Å². The van der Waals surface area contributed by atoms with Crippen molar-refractivity contribution >= 4 is 0 Å². The predicted octanol–water partition coefficient (Wildman–Crippen LogP) is 12.2. The SMILES string of the molecule is CCCC1=C(NCC(C/C=C(\C)C(C)CCC(=C2CCCCC2)C2CCC=C(C3=CCCCC3)C2)C(CN)CCC)CCC=C1. The Morgan fingerprint density at radius 3 is 2.44 bits per heavy atom. The fraction of sp³-hybridized carbons (Fsp3) is 0.721. The summed E-state index contributed by atoms with van der Waals surface area (Å²) in [5.41, 5.74) is 18.2. The van der Waals surface area contributed by atoms with Crippen LogP contribution in [0.25, 0.3) is 0 Å². The highest BCUT2D eigenvalue weighted by Crippen LogP contribution is 2.42. The van der Waals surface area contributed by atoms with Crippen LogP contribution in [0.3, 0.4) is 0 Å². The highest BCUT2D eigenvalue weighted by atomic mass is 14.9. The number of hydrogen-bond acceptors (Lipinski definition) is 2. The minimum Gasteiger partial charge on any atom is -0.388 e. The number of nitrogens with one attached hydrogen (secondary N) is 1. The van der Waals surface area contributed by atoms with Gasteiger partial charge in [0.2, 0.25) is 0 Å². The standard InChI is InChI=1S/C43H70N2/c1-5-16-37-22-13-14-25-43(37)45-32-41(40(31-44)17-6-2)28-26-33(3)34(4)27-29-42(36-20-11-8-12-21-36)39-24-15-23-38(30-39)35-18-9-7-10-19-35/h13,18,22-23,26,34,39-41,45H,5-12,14-17,19-21,24-25,27-32,44H2,1-4H3/b33-26+. The highest BCUT2D eigenvalue weighted by Gasteiger charge is 2.26. The first kappa shape index (κ1) is 36.0. The molecule has 4 aliphatic rings. The van der Waals surface area contributed by atoms with E-state index in [-0.39, 0.29) is 0 Å². The largest absolute Gasteiger partial charge is 0.388 e. The molecule has 1 fully saturated rings. The van der Waals surface area contributed by atoms with Crippen LogP contribution in [0.15, 0.2) is 69.5 Å². The first-order valence-electron chi connectivity index (χ1n) is 19.6. The van der Waals surface area contributed by atoms with E-state index in [1.54, 1.807) is 16.7 Å². The van der Waals surface area contributed by atoms with Crippen LogP contribution in [-0.4, -0.2) is 13.1 Å². The Kier molecular flexibility index (Phi) is 15.8. The smallest absolute Gasteiger partial charge is 0.0178 e. The highest BCUT2D eigenvalue weighted by molar-refractivity contribution is 5.36. The Labute approximate surface area is 279 Å². The molecule has 45 heavy (non-hydrogen) atoms. The Hall–Kier alpha value is -1.80. The molecule has 0 aliphatic heterocycles. The van der Waals surface area contributed by atoms with E-state index in [1.165, 1.54) is 140 Å². The van der Waals surface area contributed by atoms with E-state index < -0.39 is 0 Å². The molecule has 3 N–H and O–H groups in total. The fourth-order valence-corrected chi connectivity index (χ4v) is 8.74. The van der Waals surface area contributed by atoms with Gasteiger partial charge in [0.1, 0.15) is 0 Å². The fourth-order valence-electron chi connectivity index (χ4n) is 8.74. The average Bonchev–Trinajstić information content (AvgIpc) is 3.09. The molecular formula is C43H70N2. The number of allylic oxidation sites excluding steroid dienone is 12. The molecule has 0 amide bonds. The van der Waals surface area contributed by atoms with Crippen molar-refractivity contribution in [2.24, 2.45) is 29.4 Å². The molecule has 0 saturated heterocycles. The third-order valence-corrected chi connectivity index (χ3v) is 11.8. The van der Waals surface area contributed by atoms with Crippen molar-refractivity contribution < 1.29 is 0 Å². The van der Waals surface area contributed by atoms with Crippen LogP contribution in [0.5, 0.6) is 0 Å². The molecule has 1 saturated carbocycles. The van der Waals surface area contributed by atoms with Crippen LogP contribution in [0.1, 0.15) is 163 Å². The Morgan fingerprint density at radius 1 is 0.911 bits per heavy atom. The van der Waals surface area contributed by atoms with Crippen molar-refractivity contribution in [3.63, 3.8) is 0 Å². The van der Waals surface area contributed by atoms with E-state index in [0.29, 0.717) is 17.8 Å². The summed E-state index contributed by atoms with van der Waals surface area (Å²) in [4.78, 5) is 0. The van der Waals surface area contributed by atoms with E-state index in [9.17, 15) is 0 Å². The molecule has 4 aliphatic carbocycles. The molecule has 2 nitrogen and oxygen atoms in total. The molecule has 252 valence electrons. The van der Waals surface area contributed by atoms with Gasteiger partial charge in [-0.3, -0.25) is 0 Å². The number of rotatable bonds is 17. The zero-order valence-corrected chi connectivity index (χ0v) is 30.0. The van der Waals surface area contributed by atoms with Crippen LogP contribution >= 0.6 is 0 Å². The predicted molar refractivity (Wildman–Crippen MR) is 198 cm³/mol. The molecule has 4 unspecified atom stereocenters. The van der Waals surface area contributed by atoms with Gasteiger partial charge in [-0.25, -0.2) is 0 Å². The maximum absolute atomic E-state index is 6.41. The van der Waals surface area contributed by atoms with Gasteiger partial charge in [-0.2, -0.15) is 0 Å². The zero-order chi connectivity index (χ0) is 31.9. The quantitative estimate of drug-likeness (QED) is 0.160. The first-order valence-corrected chi connectivity index (χ1v) is 19.6. The first-order chi connectivity index (χ1) is 22.0. The molecule has 0 heterocycles. The molecule has 0 spiro atoms. The third-order valence-electron chi connectivity index (χ3n) is 11.8. The van der Waals surface area contributed by atoms with Gasteiger partial charge in [0.15, 0.2) is 0 Å². The molecular weight excluding hydrogens is 544 g/mol.